The Kier molecular flexibility index (Phi) is 4.87. The Morgan fingerprint density at radius 3 is 3.07 bits per heavy atom. The number of ether oxygens (including phenoxy) is 1. The molecular weight excluding hydrogens is 366 g/mol. The van der Waals surface area contributed by atoms with Crippen molar-refractivity contribution in [3.05, 3.63) is 41.3 Å². The molecule has 0 aromatic carbocycles. The van der Waals surface area contributed by atoms with Crippen LogP contribution in [0.15, 0.2) is 41.1 Å². The molecule has 1 aliphatic rings. The number of anilines is 2. The van der Waals surface area contributed by atoms with Crippen molar-refractivity contribution in [2.45, 2.75) is 24.8 Å². The number of aliphatic hydroxyl groups excluding tert-OH is 1. The van der Waals surface area contributed by atoms with Gasteiger partial charge in [0.1, 0.15) is 24.7 Å². The third-order valence-corrected chi connectivity index (χ3v) is 4.38. The molecule has 4 rings (SSSR count). The van der Waals surface area contributed by atoms with E-state index < -0.39 is 18.4 Å². The lowest BCUT2D eigenvalue weighted by Gasteiger charge is -2.16. The molecule has 0 spiro atoms. The van der Waals surface area contributed by atoms with Gasteiger partial charge < -0.3 is 15.6 Å². The molecule has 0 bridgehead atoms. The number of imidazole rings is 1. The molecular formula is C16H17N9O3. The van der Waals surface area contributed by atoms with E-state index in [1.165, 1.54) is 6.33 Å². The molecule has 3 aromatic heterocycles. The number of rotatable bonds is 6. The van der Waals surface area contributed by atoms with Crippen LogP contribution in [0.1, 0.15) is 18.2 Å². The van der Waals surface area contributed by atoms with Crippen molar-refractivity contribution in [3.8, 4) is 0 Å². The highest BCUT2D eigenvalue weighted by Crippen LogP contribution is 2.35. The molecule has 1 aliphatic heterocycles. The van der Waals surface area contributed by atoms with Crippen LogP contribution < -0.4 is 11.2 Å². The van der Waals surface area contributed by atoms with Crippen LogP contribution in [0.2, 0.25) is 0 Å². The monoisotopic (exact) mass is 383 g/mol. The summed E-state index contributed by atoms with van der Waals surface area (Å²) in [5.41, 5.74) is 10.3. The second-order valence-corrected chi connectivity index (χ2v) is 6.11. The Bertz CT molecular complexity index is 1010. The van der Waals surface area contributed by atoms with E-state index in [1.54, 1.807) is 29.2 Å². The number of nitrogens with one attached hydrogen (secondary N) is 1. The second kappa shape index (κ2) is 7.62. The standard InChI is InChI=1S/C16H17N9O3/c17-14-13-15(20-8-19-14)25(12-4-10(24-27)11(7-26)28-12)16(22-13)23-21-6-9-2-1-3-18-5-9/h1-3,5-6,8,10-12,26H,4,7H2,(H,22,23)(H2,17,19,20)/b21-6+/t10-,11?,12?/m1/s1. The maximum atomic E-state index is 11.1. The van der Waals surface area contributed by atoms with Crippen LogP contribution in [0.4, 0.5) is 11.8 Å². The molecule has 1 fully saturated rings. The zero-order valence-corrected chi connectivity index (χ0v) is 14.6. The molecule has 3 aromatic rings. The summed E-state index contributed by atoms with van der Waals surface area (Å²) in [5.74, 6) is 0.500. The predicted molar refractivity (Wildman–Crippen MR) is 100 cm³/mol. The third kappa shape index (κ3) is 3.25. The van der Waals surface area contributed by atoms with Gasteiger partial charge in [-0.15, -0.1) is 0 Å². The average molecular weight is 383 g/mol. The SMILES string of the molecule is Nc1ncnc2c1nc(N/N=C/c1cccnc1)n2C1C[C@@H](N=O)C(CO)O1. The van der Waals surface area contributed by atoms with Gasteiger partial charge in [0.25, 0.3) is 0 Å². The molecule has 0 amide bonds. The van der Waals surface area contributed by atoms with Crippen molar-refractivity contribution >= 4 is 29.1 Å². The van der Waals surface area contributed by atoms with E-state index in [9.17, 15) is 10.0 Å². The van der Waals surface area contributed by atoms with Gasteiger partial charge in [0.05, 0.1) is 12.8 Å². The van der Waals surface area contributed by atoms with Crippen LogP contribution in [0.25, 0.3) is 11.2 Å². The van der Waals surface area contributed by atoms with Crippen LogP contribution >= 0.6 is 0 Å². The highest BCUT2D eigenvalue weighted by Gasteiger charge is 2.39. The number of nitrogens with zero attached hydrogens (tertiary/aromatic N) is 7. The lowest BCUT2D eigenvalue weighted by Crippen LogP contribution is -2.23. The zero-order chi connectivity index (χ0) is 19.5. The number of fused-ring (bicyclic) bond motifs is 1. The first-order chi connectivity index (χ1) is 13.7. The number of nitroso groups, excluding NO2 is 1. The van der Waals surface area contributed by atoms with Gasteiger partial charge in [-0.05, 0) is 6.07 Å². The van der Waals surface area contributed by atoms with Gasteiger partial charge in [0.15, 0.2) is 17.0 Å². The molecule has 1 saturated heterocycles. The van der Waals surface area contributed by atoms with E-state index in [2.05, 4.69) is 35.6 Å². The van der Waals surface area contributed by atoms with Crippen molar-refractivity contribution in [3.63, 3.8) is 0 Å². The minimum absolute atomic E-state index is 0.199. The Labute approximate surface area is 158 Å². The van der Waals surface area contributed by atoms with Crippen LogP contribution in [-0.2, 0) is 4.74 Å². The molecule has 4 N–H and O–H groups in total. The fraction of sp³-hybridized carbons (Fsp3) is 0.312. The first kappa shape index (κ1) is 17.9. The minimum atomic E-state index is -0.703. The van der Waals surface area contributed by atoms with Crippen LogP contribution in [0, 0.1) is 4.91 Å². The van der Waals surface area contributed by atoms with Crippen LogP contribution in [0.5, 0.6) is 0 Å². The van der Waals surface area contributed by atoms with E-state index in [0.717, 1.165) is 5.56 Å². The van der Waals surface area contributed by atoms with Gasteiger partial charge in [0, 0.05) is 24.4 Å². The quantitative estimate of drug-likeness (QED) is 0.315. The molecule has 3 atom stereocenters. The molecule has 12 heteroatoms. The Morgan fingerprint density at radius 1 is 1.46 bits per heavy atom. The molecule has 144 valence electrons. The lowest BCUT2D eigenvalue weighted by atomic mass is 10.1. The number of pyridine rings is 1. The van der Waals surface area contributed by atoms with E-state index in [1.807, 2.05) is 6.07 Å². The van der Waals surface area contributed by atoms with Gasteiger partial charge in [-0.1, -0.05) is 11.2 Å². The number of hydrogen-bond acceptors (Lipinski definition) is 11. The number of hydrazone groups is 1. The number of hydrogen-bond donors (Lipinski definition) is 3. The average Bonchev–Trinajstić information content (AvgIpc) is 3.30. The summed E-state index contributed by atoms with van der Waals surface area (Å²) < 4.78 is 7.41. The largest absolute Gasteiger partial charge is 0.394 e. The molecule has 0 aliphatic carbocycles. The fourth-order valence-electron chi connectivity index (χ4n) is 3.04. The summed E-state index contributed by atoms with van der Waals surface area (Å²) in [4.78, 5) is 27.7. The number of aromatic nitrogens is 5. The van der Waals surface area contributed by atoms with Gasteiger partial charge in [-0.3, -0.25) is 9.55 Å². The zero-order valence-electron chi connectivity index (χ0n) is 14.6. The van der Waals surface area contributed by atoms with Crippen molar-refractivity contribution in [2.24, 2.45) is 10.3 Å². The van der Waals surface area contributed by atoms with Crippen molar-refractivity contribution in [1.29, 1.82) is 0 Å². The normalized spacial score (nSPS) is 22.1. The number of nitrogens with two attached hydrogens (primary N) is 1. The molecule has 12 nitrogen and oxygen atoms in total. The molecule has 28 heavy (non-hydrogen) atoms. The first-order valence-electron chi connectivity index (χ1n) is 8.47. The fourth-order valence-corrected chi connectivity index (χ4v) is 3.04. The maximum Gasteiger partial charge on any atom is 0.228 e. The highest BCUT2D eigenvalue weighted by molar-refractivity contribution is 5.84. The smallest absolute Gasteiger partial charge is 0.228 e. The van der Waals surface area contributed by atoms with Gasteiger partial charge in [-0.25, -0.2) is 20.4 Å². The summed E-state index contributed by atoms with van der Waals surface area (Å²) in [6.07, 6.45) is 5.13. The van der Waals surface area contributed by atoms with Crippen molar-refractivity contribution in [2.75, 3.05) is 17.8 Å². The van der Waals surface area contributed by atoms with E-state index in [4.69, 9.17) is 10.5 Å². The predicted octanol–water partition coefficient (Wildman–Crippen LogP) is 0.664. The van der Waals surface area contributed by atoms with Crippen LogP contribution in [0.3, 0.4) is 0 Å². The Balaban J connectivity index is 1.70. The van der Waals surface area contributed by atoms with E-state index in [-0.39, 0.29) is 18.8 Å². The third-order valence-electron chi connectivity index (χ3n) is 4.38. The van der Waals surface area contributed by atoms with Crippen molar-refractivity contribution < 1.29 is 9.84 Å². The summed E-state index contributed by atoms with van der Waals surface area (Å²) in [5, 5.41) is 16.7. The number of aliphatic hydroxyl groups is 1. The maximum absolute atomic E-state index is 11.1. The molecule has 2 unspecified atom stereocenters. The summed E-state index contributed by atoms with van der Waals surface area (Å²) in [7, 11) is 0. The Morgan fingerprint density at radius 2 is 2.36 bits per heavy atom. The van der Waals surface area contributed by atoms with E-state index >= 15 is 0 Å². The lowest BCUT2D eigenvalue weighted by molar-refractivity contribution is -0.0223. The highest BCUT2D eigenvalue weighted by atomic mass is 16.5. The van der Waals surface area contributed by atoms with Gasteiger partial charge >= 0.3 is 0 Å². The summed E-state index contributed by atoms with van der Waals surface area (Å²) >= 11 is 0. The second-order valence-electron chi connectivity index (χ2n) is 6.11. The summed E-state index contributed by atoms with van der Waals surface area (Å²) in [6.45, 7) is -0.321. The van der Waals surface area contributed by atoms with Crippen molar-refractivity contribution in [1.82, 2.24) is 24.5 Å². The van der Waals surface area contributed by atoms with Gasteiger partial charge in [0.2, 0.25) is 5.95 Å². The topological polar surface area (TPSA) is 166 Å². The summed E-state index contributed by atoms with van der Waals surface area (Å²) in [6, 6.07) is 2.95. The van der Waals surface area contributed by atoms with Gasteiger partial charge in [-0.2, -0.15) is 10.0 Å². The molecule has 0 radical (unpaired) electrons. The first-order valence-corrected chi connectivity index (χ1v) is 8.47. The minimum Gasteiger partial charge on any atom is -0.394 e. The molecule has 4 heterocycles. The number of nitrogen functional groups attached to an aromatic ring is 1. The van der Waals surface area contributed by atoms with E-state index in [0.29, 0.717) is 17.1 Å². The van der Waals surface area contributed by atoms with Crippen LogP contribution in [-0.4, -0.2) is 54.6 Å². The Hall–Kier alpha value is -3.51. The molecule has 0 saturated carbocycles.